The number of aryl methyl sites for hydroxylation is 1. The third-order valence-electron chi connectivity index (χ3n) is 4.53. The maximum absolute atomic E-state index is 14.3. The number of aromatic nitrogens is 4. The van der Waals surface area contributed by atoms with Crippen molar-refractivity contribution in [3.63, 3.8) is 0 Å². The van der Waals surface area contributed by atoms with Gasteiger partial charge >= 0.3 is 12.2 Å². The molecule has 4 aromatic rings. The van der Waals surface area contributed by atoms with Gasteiger partial charge in [0.15, 0.2) is 5.82 Å². The first-order chi connectivity index (χ1) is 16.6. The standard InChI is InChI=1S/C22H15ClF4N6O2/c1-33-11-12(10-29-33)20-28-7-6-19(32-20)35-14-3-5-17(24)18(9-14)31-21(34)30-13-2-4-16(23)15(8-13)22(25,26)27/h2-11H,1H3,(H2,30,31,34). The predicted octanol–water partition coefficient (Wildman–Crippen LogP) is 6.12. The second-order valence-electron chi connectivity index (χ2n) is 7.14. The fourth-order valence-corrected chi connectivity index (χ4v) is 3.19. The lowest BCUT2D eigenvalue weighted by atomic mass is 10.2. The maximum Gasteiger partial charge on any atom is 0.417 e. The van der Waals surface area contributed by atoms with E-state index in [4.69, 9.17) is 16.3 Å². The van der Waals surface area contributed by atoms with E-state index < -0.39 is 28.6 Å². The minimum absolute atomic E-state index is 0.142. The molecule has 0 fully saturated rings. The summed E-state index contributed by atoms with van der Waals surface area (Å²) in [5.74, 6) is -0.139. The van der Waals surface area contributed by atoms with E-state index in [1.54, 1.807) is 24.1 Å². The molecule has 180 valence electrons. The van der Waals surface area contributed by atoms with Crippen molar-refractivity contribution >= 4 is 29.0 Å². The predicted molar refractivity (Wildman–Crippen MR) is 120 cm³/mol. The van der Waals surface area contributed by atoms with Gasteiger partial charge in [-0.1, -0.05) is 11.6 Å². The number of amides is 2. The lowest BCUT2D eigenvalue weighted by Gasteiger charge is -2.13. The third-order valence-corrected chi connectivity index (χ3v) is 4.86. The number of nitrogens with zero attached hydrogens (tertiary/aromatic N) is 4. The SMILES string of the molecule is Cn1cc(-c2nccc(Oc3ccc(F)c(NC(=O)Nc4ccc(Cl)c(C(F)(F)F)c4)c3)n2)cn1. The molecule has 0 aliphatic carbocycles. The van der Waals surface area contributed by atoms with Crippen molar-refractivity contribution in [1.82, 2.24) is 19.7 Å². The molecule has 0 saturated carbocycles. The van der Waals surface area contributed by atoms with Gasteiger partial charge in [-0.2, -0.15) is 23.3 Å². The monoisotopic (exact) mass is 506 g/mol. The summed E-state index contributed by atoms with van der Waals surface area (Å²) < 4.78 is 60.6. The number of nitrogens with one attached hydrogen (secondary N) is 2. The van der Waals surface area contributed by atoms with Gasteiger partial charge in [0.05, 0.1) is 28.0 Å². The number of hydrogen-bond donors (Lipinski definition) is 2. The van der Waals surface area contributed by atoms with Crippen molar-refractivity contribution in [3.05, 3.63) is 77.5 Å². The normalized spacial score (nSPS) is 11.3. The molecule has 0 saturated heterocycles. The molecule has 2 amide bonds. The number of ether oxygens (including phenoxy) is 1. The number of alkyl halides is 3. The van der Waals surface area contributed by atoms with E-state index in [1.165, 1.54) is 30.5 Å². The smallest absolute Gasteiger partial charge is 0.417 e. The number of hydrogen-bond acceptors (Lipinski definition) is 5. The molecule has 35 heavy (non-hydrogen) atoms. The van der Waals surface area contributed by atoms with Crippen LogP contribution in [0.3, 0.4) is 0 Å². The average Bonchev–Trinajstić information content (AvgIpc) is 3.23. The van der Waals surface area contributed by atoms with Gasteiger partial charge in [0.2, 0.25) is 5.88 Å². The van der Waals surface area contributed by atoms with Crippen molar-refractivity contribution in [2.24, 2.45) is 7.05 Å². The number of rotatable bonds is 5. The maximum atomic E-state index is 14.3. The van der Waals surface area contributed by atoms with Crippen LogP contribution in [0.25, 0.3) is 11.4 Å². The molecule has 0 atom stereocenters. The molecular weight excluding hydrogens is 492 g/mol. The third kappa shape index (κ3) is 5.84. The highest BCUT2D eigenvalue weighted by Gasteiger charge is 2.33. The topological polar surface area (TPSA) is 94.0 Å². The average molecular weight is 507 g/mol. The van der Waals surface area contributed by atoms with Gasteiger partial charge in [0.25, 0.3) is 0 Å². The highest BCUT2D eigenvalue weighted by molar-refractivity contribution is 6.31. The van der Waals surface area contributed by atoms with Gasteiger partial charge in [0, 0.05) is 37.3 Å². The lowest BCUT2D eigenvalue weighted by molar-refractivity contribution is -0.137. The second kappa shape index (κ2) is 9.58. The molecule has 2 N–H and O–H groups in total. The molecular formula is C22H15ClF4N6O2. The highest BCUT2D eigenvalue weighted by Crippen LogP contribution is 2.36. The van der Waals surface area contributed by atoms with E-state index in [0.29, 0.717) is 17.5 Å². The van der Waals surface area contributed by atoms with Gasteiger partial charge in [0.1, 0.15) is 11.6 Å². The van der Waals surface area contributed by atoms with Gasteiger partial charge < -0.3 is 15.4 Å². The zero-order valence-electron chi connectivity index (χ0n) is 17.8. The van der Waals surface area contributed by atoms with Gasteiger partial charge in [-0.05, 0) is 30.3 Å². The van der Waals surface area contributed by atoms with Crippen LogP contribution in [0.5, 0.6) is 11.6 Å². The van der Waals surface area contributed by atoms with Crippen LogP contribution in [-0.2, 0) is 13.2 Å². The Kier molecular flexibility index (Phi) is 6.56. The largest absolute Gasteiger partial charge is 0.439 e. The van der Waals surface area contributed by atoms with Crippen LogP contribution >= 0.6 is 11.6 Å². The van der Waals surface area contributed by atoms with Gasteiger partial charge in [-0.15, -0.1) is 0 Å². The number of carbonyl (C=O) groups is 1. The second-order valence-corrected chi connectivity index (χ2v) is 7.54. The summed E-state index contributed by atoms with van der Waals surface area (Å²) in [5, 5.41) is 7.98. The number of carbonyl (C=O) groups excluding carboxylic acids is 1. The van der Waals surface area contributed by atoms with Crippen molar-refractivity contribution in [2.45, 2.75) is 6.18 Å². The van der Waals surface area contributed by atoms with Gasteiger partial charge in [-0.3, -0.25) is 4.68 Å². The van der Waals surface area contributed by atoms with Crippen molar-refractivity contribution in [1.29, 1.82) is 0 Å². The summed E-state index contributed by atoms with van der Waals surface area (Å²) >= 11 is 5.57. The fourth-order valence-electron chi connectivity index (χ4n) is 2.96. The first-order valence-corrected chi connectivity index (χ1v) is 10.2. The number of benzene rings is 2. The molecule has 8 nitrogen and oxygen atoms in total. The molecule has 0 unspecified atom stereocenters. The first kappa shape index (κ1) is 24.0. The Labute approximate surface area is 200 Å². The summed E-state index contributed by atoms with van der Waals surface area (Å²) in [6.45, 7) is 0. The van der Waals surface area contributed by atoms with E-state index in [0.717, 1.165) is 12.1 Å². The number of urea groups is 1. The van der Waals surface area contributed by atoms with Crippen LogP contribution < -0.4 is 15.4 Å². The Bertz CT molecular complexity index is 1390. The van der Waals surface area contributed by atoms with Crippen LogP contribution in [0.2, 0.25) is 5.02 Å². The molecule has 13 heteroatoms. The van der Waals surface area contributed by atoms with E-state index >= 15 is 0 Å². The zero-order valence-corrected chi connectivity index (χ0v) is 18.5. The number of halogens is 5. The quantitative estimate of drug-likeness (QED) is 0.318. The number of anilines is 2. The Morgan fingerprint density at radius 3 is 2.63 bits per heavy atom. The van der Waals surface area contributed by atoms with E-state index in [1.807, 2.05) is 0 Å². The Morgan fingerprint density at radius 1 is 1.11 bits per heavy atom. The molecule has 0 spiro atoms. The van der Waals surface area contributed by atoms with Crippen LogP contribution in [0, 0.1) is 5.82 Å². The summed E-state index contributed by atoms with van der Waals surface area (Å²) in [6.07, 6.45) is 0.0645. The highest BCUT2D eigenvalue weighted by atomic mass is 35.5. The summed E-state index contributed by atoms with van der Waals surface area (Å²) in [4.78, 5) is 20.7. The fraction of sp³-hybridized carbons (Fsp3) is 0.0909. The zero-order chi connectivity index (χ0) is 25.2. The first-order valence-electron chi connectivity index (χ1n) is 9.83. The van der Waals surface area contributed by atoms with E-state index in [-0.39, 0.29) is 23.0 Å². The van der Waals surface area contributed by atoms with Crippen LogP contribution in [-0.4, -0.2) is 25.8 Å². The molecule has 2 aromatic heterocycles. The molecule has 0 aliphatic heterocycles. The Morgan fingerprint density at radius 2 is 1.91 bits per heavy atom. The van der Waals surface area contributed by atoms with Crippen molar-refractivity contribution in [2.75, 3.05) is 10.6 Å². The molecule has 2 aromatic carbocycles. The lowest BCUT2D eigenvalue weighted by Crippen LogP contribution is -2.20. The van der Waals surface area contributed by atoms with E-state index in [9.17, 15) is 22.4 Å². The molecule has 2 heterocycles. The van der Waals surface area contributed by atoms with Gasteiger partial charge in [-0.25, -0.2) is 14.2 Å². The molecule has 4 rings (SSSR count). The molecule has 0 radical (unpaired) electrons. The van der Waals surface area contributed by atoms with Crippen LogP contribution in [0.15, 0.2) is 61.1 Å². The van der Waals surface area contributed by atoms with Crippen LogP contribution in [0.4, 0.5) is 33.7 Å². The Balaban J connectivity index is 1.48. The summed E-state index contributed by atoms with van der Waals surface area (Å²) in [6, 6.07) is 6.94. The molecule has 0 bridgehead atoms. The van der Waals surface area contributed by atoms with Crippen molar-refractivity contribution in [3.8, 4) is 23.0 Å². The Hall–Kier alpha value is -4.19. The summed E-state index contributed by atoms with van der Waals surface area (Å²) in [5.41, 5.74) is -0.913. The molecule has 0 aliphatic rings. The van der Waals surface area contributed by atoms with Crippen LogP contribution in [0.1, 0.15) is 5.56 Å². The van der Waals surface area contributed by atoms with Crippen molar-refractivity contribution < 1.29 is 27.1 Å². The minimum Gasteiger partial charge on any atom is -0.439 e. The minimum atomic E-state index is -4.71. The van der Waals surface area contributed by atoms with E-state index in [2.05, 4.69) is 25.7 Å². The summed E-state index contributed by atoms with van der Waals surface area (Å²) in [7, 11) is 1.75.